The lowest BCUT2D eigenvalue weighted by atomic mass is 10.1. The Hall–Kier alpha value is -1.43. The van der Waals surface area contributed by atoms with Crippen LogP contribution in [0, 0.1) is 10.1 Å². The van der Waals surface area contributed by atoms with Gasteiger partial charge in [-0.05, 0) is 35.0 Å². The van der Waals surface area contributed by atoms with Crippen LogP contribution in [0.4, 0.5) is 5.69 Å². The van der Waals surface area contributed by atoms with Gasteiger partial charge < -0.3 is 5.11 Å². The largest absolute Gasteiger partial charge is 0.502 e. The minimum atomic E-state index is -0.744. The number of nitro groups is 1. The maximum Gasteiger partial charge on any atom is 0.325 e. The molecule has 14 heavy (non-hydrogen) atoms. The van der Waals surface area contributed by atoms with Crippen LogP contribution < -0.4 is 0 Å². The molecule has 1 aromatic carbocycles. The van der Waals surface area contributed by atoms with Gasteiger partial charge in [-0.25, -0.2) is 0 Å². The third-order valence-corrected chi connectivity index (χ3v) is 2.46. The SMILES string of the molecule is CC(=O)c1ccc(O)c([N+](=O)[O-])c1Br. The van der Waals surface area contributed by atoms with Gasteiger partial charge in [0, 0.05) is 5.56 Å². The standard InChI is InChI=1S/C8H6BrNO4/c1-4(11)5-2-3-6(12)8(7(5)9)10(13)14/h2-3,12H,1H3. The molecule has 0 atom stereocenters. The third kappa shape index (κ3) is 1.74. The summed E-state index contributed by atoms with van der Waals surface area (Å²) >= 11 is 2.91. The number of aromatic hydroxyl groups is 1. The number of nitrogens with zero attached hydrogens (tertiary/aromatic N) is 1. The number of halogens is 1. The molecule has 0 aromatic heterocycles. The quantitative estimate of drug-likeness (QED) is 0.502. The van der Waals surface area contributed by atoms with Crippen LogP contribution in [0.3, 0.4) is 0 Å². The summed E-state index contributed by atoms with van der Waals surface area (Å²) < 4.78 is 0.00926. The molecule has 0 bridgehead atoms. The zero-order valence-corrected chi connectivity index (χ0v) is 8.74. The van der Waals surface area contributed by atoms with Gasteiger partial charge in [0.25, 0.3) is 0 Å². The number of ketones is 1. The van der Waals surface area contributed by atoms with Gasteiger partial charge in [0.15, 0.2) is 11.5 Å². The summed E-state index contributed by atoms with van der Waals surface area (Å²) in [5.74, 6) is -0.771. The van der Waals surface area contributed by atoms with Gasteiger partial charge in [-0.3, -0.25) is 14.9 Å². The van der Waals surface area contributed by atoms with E-state index < -0.39 is 16.4 Å². The smallest absolute Gasteiger partial charge is 0.325 e. The first-order chi connectivity index (χ1) is 6.45. The predicted molar refractivity (Wildman–Crippen MR) is 52.5 cm³/mol. The lowest BCUT2D eigenvalue weighted by molar-refractivity contribution is -0.386. The number of carbonyl (C=O) groups excluding carboxylic acids is 1. The molecule has 0 fully saturated rings. The van der Waals surface area contributed by atoms with Gasteiger partial charge in [0.1, 0.15) is 4.47 Å². The highest BCUT2D eigenvalue weighted by atomic mass is 79.9. The molecule has 0 unspecified atom stereocenters. The van der Waals surface area contributed by atoms with E-state index in [4.69, 9.17) is 0 Å². The van der Waals surface area contributed by atoms with Crippen LogP contribution >= 0.6 is 15.9 Å². The number of benzene rings is 1. The molecule has 0 saturated carbocycles. The normalized spacial score (nSPS) is 9.86. The van der Waals surface area contributed by atoms with E-state index in [-0.39, 0.29) is 15.8 Å². The van der Waals surface area contributed by atoms with Gasteiger partial charge in [0.05, 0.1) is 4.92 Å². The van der Waals surface area contributed by atoms with Gasteiger partial charge in [-0.1, -0.05) is 0 Å². The number of carbonyl (C=O) groups is 1. The maximum atomic E-state index is 11.0. The van der Waals surface area contributed by atoms with Crippen molar-refractivity contribution in [3.05, 3.63) is 32.3 Å². The van der Waals surface area contributed by atoms with Gasteiger partial charge in [-0.15, -0.1) is 0 Å². The molecule has 0 aliphatic carbocycles. The first-order valence-electron chi connectivity index (χ1n) is 3.62. The van der Waals surface area contributed by atoms with E-state index in [1.165, 1.54) is 13.0 Å². The van der Waals surface area contributed by atoms with Crippen molar-refractivity contribution in [3.63, 3.8) is 0 Å². The second-order valence-electron chi connectivity index (χ2n) is 2.61. The molecule has 1 aromatic rings. The van der Waals surface area contributed by atoms with Gasteiger partial charge >= 0.3 is 5.69 Å². The summed E-state index contributed by atoms with van der Waals surface area (Å²) in [5, 5.41) is 19.7. The van der Waals surface area contributed by atoms with Crippen molar-refractivity contribution in [3.8, 4) is 5.75 Å². The van der Waals surface area contributed by atoms with E-state index in [1.807, 2.05) is 0 Å². The molecule has 1 rings (SSSR count). The molecule has 6 heteroatoms. The summed E-state index contributed by atoms with van der Waals surface area (Å²) in [7, 11) is 0. The maximum absolute atomic E-state index is 11.0. The van der Waals surface area contributed by atoms with Gasteiger partial charge in [-0.2, -0.15) is 0 Å². The predicted octanol–water partition coefficient (Wildman–Crippen LogP) is 2.27. The molecule has 74 valence electrons. The summed E-state index contributed by atoms with van der Waals surface area (Å²) in [6.07, 6.45) is 0. The average Bonchev–Trinajstić information content (AvgIpc) is 2.02. The minimum Gasteiger partial charge on any atom is -0.502 e. The first kappa shape index (κ1) is 10.6. The highest BCUT2D eigenvalue weighted by Gasteiger charge is 2.22. The van der Waals surface area contributed by atoms with Crippen molar-refractivity contribution in [2.24, 2.45) is 0 Å². The zero-order valence-electron chi connectivity index (χ0n) is 7.15. The van der Waals surface area contributed by atoms with Crippen LogP contribution in [0.15, 0.2) is 16.6 Å². The van der Waals surface area contributed by atoms with E-state index in [2.05, 4.69) is 15.9 Å². The Morgan fingerprint density at radius 3 is 2.57 bits per heavy atom. The molecule has 0 amide bonds. The lowest BCUT2D eigenvalue weighted by Crippen LogP contribution is -1.98. The fourth-order valence-corrected chi connectivity index (χ4v) is 1.76. The molecule has 0 aliphatic rings. The summed E-state index contributed by atoms with van der Waals surface area (Å²) in [6.45, 7) is 1.29. The summed E-state index contributed by atoms with van der Waals surface area (Å²) in [5.41, 5.74) is -0.313. The molecule has 0 aliphatic heterocycles. The van der Waals surface area contributed by atoms with E-state index >= 15 is 0 Å². The van der Waals surface area contributed by atoms with E-state index in [0.29, 0.717) is 0 Å². The van der Waals surface area contributed by atoms with Crippen molar-refractivity contribution in [2.75, 3.05) is 0 Å². The Bertz CT molecular complexity index is 416. The monoisotopic (exact) mass is 259 g/mol. The molecular weight excluding hydrogens is 254 g/mol. The average molecular weight is 260 g/mol. The van der Waals surface area contributed by atoms with Crippen molar-refractivity contribution in [1.82, 2.24) is 0 Å². The number of nitro benzene ring substituents is 1. The Labute approximate surface area is 87.6 Å². The Morgan fingerprint density at radius 1 is 1.57 bits per heavy atom. The number of Topliss-reactive ketones (excluding diaryl/α,β-unsaturated/α-hetero) is 1. The van der Waals surface area contributed by atoms with Crippen molar-refractivity contribution < 1.29 is 14.8 Å². The Morgan fingerprint density at radius 2 is 2.14 bits per heavy atom. The third-order valence-electron chi connectivity index (χ3n) is 1.66. The van der Waals surface area contributed by atoms with Crippen LogP contribution in [0.1, 0.15) is 17.3 Å². The van der Waals surface area contributed by atoms with E-state index in [9.17, 15) is 20.0 Å². The Balaban J connectivity index is 3.49. The highest BCUT2D eigenvalue weighted by molar-refractivity contribution is 9.10. The van der Waals surface area contributed by atoms with Crippen LogP contribution in [0.2, 0.25) is 0 Å². The second kappa shape index (κ2) is 3.75. The highest BCUT2D eigenvalue weighted by Crippen LogP contribution is 2.36. The van der Waals surface area contributed by atoms with Crippen molar-refractivity contribution in [1.29, 1.82) is 0 Å². The molecule has 0 saturated heterocycles. The fourth-order valence-electron chi connectivity index (χ4n) is 1.000. The second-order valence-corrected chi connectivity index (χ2v) is 3.40. The van der Waals surface area contributed by atoms with Crippen LogP contribution in [-0.4, -0.2) is 15.8 Å². The van der Waals surface area contributed by atoms with E-state index in [1.54, 1.807) is 0 Å². The molecular formula is C8H6BrNO4. The number of rotatable bonds is 2. The summed E-state index contributed by atoms with van der Waals surface area (Å²) in [4.78, 5) is 20.8. The molecule has 0 heterocycles. The zero-order chi connectivity index (χ0) is 10.9. The lowest BCUT2D eigenvalue weighted by Gasteiger charge is -2.02. The number of hydrogen-bond acceptors (Lipinski definition) is 4. The fraction of sp³-hybridized carbons (Fsp3) is 0.125. The molecule has 0 radical (unpaired) electrons. The number of hydrogen-bond donors (Lipinski definition) is 1. The Kier molecular flexibility index (Phi) is 2.85. The molecule has 0 spiro atoms. The van der Waals surface area contributed by atoms with Crippen molar-refractivity contribution >= 4 is 27.4 Å². The summed E-state index contributed by atoms with van der Waals surface area (Å²) in [6, 6.07) is 2.45. The minimum absolute atomic E-state index is 0.00926. The number of phenolic OH excluding ortho intramolecular Hbond substituents is 1. The molecule has 5 nitrogen and oxygen atoms in total. The molecule has 1 N–H and O–H groups in total. The van der Waals surface area contributed by atoms with Crippen LogP contribution in [0.25, 0.3) is 0 Å². The van der Waals surface area contributed by atoms with Crippen molar-refractivity contribution in [2.45, 2.75) is 6.92 Å². The first-order valence-corrected chi connectivity index (χ1v) is 4.41. The number of phenols is 1. The van der Waals surface area contributed by atoms with Gasteiger partial charge in [0.2, 0.25) is 0 Å². The van der Waals surface area contributed by atoms with Crippen LogP contribution in [0.5, 0.6) is 5.75 Å². The topological polar surface area (TPSA) is 80.4 Å². The van der Waals surface area contributed by atoms with E-state index in [0.717, 1.165) is 6.07 Å². The van der Waals surface area contributed by atoms with Crippen LogP contribution in [-0.2, 0) is 0 Å².